The fourth-order valence-corrected chi connectivity index (χ4v) is 4.19. The Balaban J connectivity index is 1.61. The summed E-state index contributed by atoms with van der Waals surface area (Å²) >= 11 is 0. The molecule has 3 heterocycles. The van der Waals surface area contributed by atoms with Crippen LogP contribution in [0.4, 0.5) is 19.0 Å². The van der Waals surface area contributed by atoms with Gasteiger partial charge in [0.1, 0.15) is 30.2 Å². The fourth-order valence-electron chi connectivity index (χ4n) is 4.19. The monoisotopic (exact) mass is 375 g/mol. The zero-order chi connectivity index (χ0) is 18.5. The van der Waals surface area contributed by atoms with Gasteiger partial charge < -0.3 is 25.0 Å². The van der Waals surface area contributed by atoms with Gasteiger partial charge in [-0.2, -0.15) is 13.2 Å². The van der Waals surface area contributed by atoms with Crippen molar-refractivity contribution < 1.29 is 32.9 Å². The van der Waals surface area contributed by atoms with Crippen LogP contribution in [0.5, 0.6) is 0 Å². The third kappa shape index (κ3) is 2.84. The highest BCUT2D eigenvalue weighted by atomic mass is 19.4. The number of hydrogen-bond donors (Lipinski definition) is 3. The summed E-state index contributed by atoms with van der Waals surface area (Å²) in [5, 5.41) is 23.7. The van der Waals surface area contributed by atoms with Gasteiger partial charge >= 0.3 is 6.18 Å². The number of aliphatic hydroxyl groups is 2. The van der Waals surface area contributed by atoms with Crippen molar-refractivity contribution in [3.05, 3.63) is 18.1 Å². The van der Waals surface area contributed by atoms with Crippen LogP contribution in [0.25, 0.3) is 0 Å². The number of ether oxygens (including phenoxy) is 2. The van der Waals surface area contributed by atoms with Gasteiger partial charge in [0.15, 0.2) is 11.5 Å². The molecule has 0 unspecified atom stereocenters. The number of nitrogens with zero attached hydrogens (tertiary/aromatic N) is 2. The summed E-state index contributed by atoms with van der Waals surface area (Å²) in [6.45, 7) is 0.158. The summed E-state index contributed by atoms with van der Waals surface area (Å²) in [5.74, 6) is -1.07. The van der Waals surface area contributed by atoms with Gasteiger partial charge in [0.25, 0.3) is 0 Å². The Morgan fingerprint density at radius 2 is 1.85 bits per heavy atom. The second-order valence-corrected chi connectivity index (χ2v) is 7.06. The quantitative estimate of drug-likeness (QED) is 0.733. The third-order valence-electron chi connectivity index (χ3n) is 5.48. The number of anilines is 1. The van der Waals surface area contributed by atoms with Crippen LogP contribution >= 0.6 is 0 Å². The molecular formula is C16H20F3N3O4. The van der Waals surface area contributed by atoms with E-state index in [1.807, 2.05) is 0 Å². The average molecular weight is 375 g/mol. The van der Waals surface area contributed by atoms with E-state index in [4.69, 9.17) is 9.47 Å². The van der Waals surface area contributed by atoms with Gasteiger partial charge in [-0.25, -0.2) is 9.97 Å². The average Bonchev–Trinajstić information content (AvgIpc) is 3.26. The first-order valence-electron chi connectivity index (χ1n) is 8.65. The topological polar surface area (TPSA) is 96.7 Å². The van der Waals surface area contributed by atoms with Crippen LogP contribution in [-0.2, 0) is 15.7 Å². The lowest BCUT2D eigenvalue weighted by Gasteiger charge is -2.47. The van der Waals surface area contributed by atoms with Crippen LogP contribution in [0.15, 0.2) is 12.4 Å². The van der Waals surface area contributed by atoms with Crippen molar-refractivity contribution in [1.82, 2.24) is 9.97 Å². The van der Waals surface area contributed by atoms with Crippen molar-refractivity contribution in [2.75, 3.05) is 11.9 Å². The van der Waals surface area contributed by atoms with Crippen LogP contribution in [0, 0.1) is 5.92 Å². The largest absolute Gasteiger partial charge is 0.434 e. The molecule has 3 N–H and O–H groups in total. The maximum atomic E-state index is 12.6. The van der Waals surface area contributed by atoms with Crippen molar-refractivity contribution >= 4 is 5.82 Å². The Labute approximate surface area is 147 Å². The summed E-state index contributed by atoms with van der Waals surface area (Å²) in [7, 11) is 0. The predicted octanol–water partition coefficient (Wildman–Crippen LogP) is 1.31. The second-order valence-electron chi connectivity index (χ2n) is 7.06. The van der Waals surface area contributed by atoms with Gasteiger partial charge in [-0.05, 0) is 12.8 Å². The highest BCUT2D eigenvalue weighted by Crippen LogP contribution is 2.48. The van der Waals surface area contributed by atoms with E-state index in [0.717, 1.165) is 31.9 Å². The highest BCUT2D eigenvalue weighted by Gasteiger charge is 2.63. The number of aromatic nitrogens is 2. The molecule has 144 valence electrons. The maximum Gasteiger partial charge on any atom is 0.434 e. The van der Waals surface area contributed by atoms with Crippen molar-refractivity contribution in [3.8, 4) is 0 Å². The number of alkyl halides is 3. The van der Waals surface area contributed by atoms with E-state index in [1.54, 1.807) is 0 Å². The molecular weight excluding hydrogens is 355 g/mol. The van der Waals surface area contributed by atoms with Gasteiger partial charge in [-0.1, -0.05) is 12.8 Å². The Morgan fingerprint density at radius 3 is 2.46 bits per heavy atom. The van der Waals surface area contributed by atoms with E-state index in [1.165, 1.54) is 0 Å². The molecule has 1 aliphatic carbocycles. The normalized spacial score (nSPS) is 37.9. The predicted molar refractivity (Wildman–Crippen MR) is 82.0 cm³/mol. The van der Waals surface area contributed by atoms with Gasteiger partial charge in [-0.15, -0.1) is 0 Å². The first kappa shape index (κ1) is 17.9. The first-order chi connectivity index (χ1) is 12.3. The smallest absolute Gasteiger partial charge is 0.388 e. The molecule has 2 saturated heterocycles. The van der Waals surface area contributed by atoms with Gasteiger partial charge in [-0.3, -0.25) is 0 Å². The van der Waals surface area contributed by atoms with E-state index in [-0.39, 0.29) is 18.3 Å². The molecule has 4 rings (SSSR count). The second kappa shape index (κ2) is 6.29. The lowest BCUT2D eigenvalue weighted by molar-refractivity contribution is -0.268. The van der Waals surface area contributed by atoms with E-state index in [9.17, 15) is 23.4 Å². The molecule has 2 aliphatic heterocycles. The standard InChI is InChI=1S/C16H20F3N3O4/c17-16(18,19)10-5-21-11(6-20-10)22-14-13(24)12(23)9-7-25-15(14,26-9)8-3-1-2-4-8/h5-6,8-9,12-14,23-24H,1-4,7H2,(H,21,22)/t9-,12+,13+,14-,15+/m1/s1. The molecule has 3 fully saturated rings. The van der Waals surface area contributed by atoms with Crippen molar-refractivity contribution in [3.63, 3.8) is 0 Å². The number of hydrogen-bond acceptors (Lipinski definition) is 7. The molecule has 10 heteroatoms. The number of nitrogens with one attached hydrogen (secondary N) is 1. The molecule has 0 radical (unpaired) electrons. The minimum Gasteiger partial charge on any atom is -0.388 e. The molecule has 5 atom stereocenters. The van der Waals surface area contributed by atoms with Crippen LogP contribution < -0.4 is 5.32 Å². The van der Waals surface area contributed by atoms with E-state index in [0.29, 0.717) is 6.20 Å². The Bertz CT molecular complexity index is 653. The van der Waals surface area contributed by atoms with E-state index in [2.05, 4.69) is 15.3 Å². The van der Waals surface area contributed by atoms with Crippen molar-refractivity contribution in [2.45, 2.75) is 62.0 Å². The Morgan fingerprint density at radius 1 is 1.12 bits per heavy atom. The lowest BCUT2D eigenvalue weighted by atomic mass is 9.83. The number of halogens is 3. The Hall–Kier alpha value is -1.49. The third-order valence-corrected chi connectivity index (χ3v) is 5.48. The molecule has 2 bridgehead atoms. The minimum atomic E-state index is -4.58. The molecule has 1 aromatic rings. The molecule has 0 spiro atoms. The molecule has 1 saturated carbocycles. The van der Waals surface area contributed by atoms with E-state index >= 15 is 0 Å². The zero-order valence-corrected chi connectivity index (χ0v) is 13.8. The summed E-state index contributed by atoms with van der Waals surface area (Å²) in [5.41, 5.74) is -1.11. The number of rotatable bonds is 3. The highest BCUT2D eigenvalue weighted by molar-refractivity contribution is 5.36. The maximum absolute atomic E-state index is 12.6. The van der Waals surface area contributed by atoms with Gasteiger partial charge in [0, 0.05) is 5.92 Å². The van der Waals surface area contributed by atoms with Gasteiger partial charge in [0.05, 0.1) is 19.0 Å². The molecule has 3 aliphatic rings. The Kier molecular flexibility index (Phi) is 4.33. The van der Waals surface area contributed by atoms with Crippen LogP contribution in [-0.4, -0.2) is 56.9 Å². The molecule has 1 aromatic heterocycles. The van der Waals surface area contributed by atoms with Crippen LogP contribution in [0.2, 0.25) is 0 Å². The zero-order valence-electron chi connectivity index (χ0n) is 13.8. The summed E-state index contributed by atoms with van der Waals surface area (Å²) in [4.78, 5) is 7.11. The molecule has 0 amide bonds. The minimum absolute atomic E-state index is 0.0227. The lowest BCUT2D eigenvalue weighted by Crippen LogP contribution is -2.65. The molecule has 0 aromatic carbocycles. The molecule has 7 nitrogen and oxygen atoms in total. The number of aliphatic hydroxyl groups excluding tert-OH is 2. The van der Waals surface area contributed by atoms with Crippen molar-refractivity contribution in [1.29, 1.82) is 0 Å². The van der Waals surface area contributed by atoms with Gasteiger partial charge in [0.2, 0.25) is 0 Å². The SMILES string of the molecule is O[C@@H]1[C@H](O)[C@@H](Nc2cnc(C(F)(F)F)cn2)[C@@]2(C3CCCC3)OC[C@H]1O2. The summed E-state index contributed by atoms with van der Waals surface area (Å²) in [6.07, 6.45) is -2.28. The molecule has 26 heavy (non-hydrogen) atoms. The van der Waals surface area contributed by atoms with Crippen LogP contribution in [0.3, 0.4) is 0 Å². The van der Waals surface area contributed by atoms with E-state index < -0.39 is 42.0 Å². The van der Waals surface area contributed by atoms with Crippen molar-refractivity contribution in [2.24, 2.45) is 5.92 Å². The van der Waals surface area contributed by atoms with Crippen LogP contribution in [0.1, 0.15) is 31.4 Å². The fraction of sp³-hybridized carbons (Fsp3) is 0.750. The summed E-state index contributed by atoms with van der Waals surface area (Å²) in [6, 6.07) is -0.870. The summed E-state index contributed by atoms with van der Waals surface area (Å²) < 4.78 is 49.8. The first-order valence-corrected chi connectivity index (χ1v) is 8.65. The number of fused-ring (bicyclic) bond motifs is 2.